The zero-order chi connectivity index (χ0) is 49.7. The van der Waals surface area contributed by atoms with E-state index in [0.29, 0.717) is 19.3 Å². The van der Waals surface area contributed by atoms with Crippen molar-refractivity contribution in [1.82, 2.24) is 5.32 Å². The summed E-state index contributed by atoms with van der Waals surface area (Å²) in [4.78, 5) is 26.4. The minimum Gasteiger partial charge on any atom is -0.454 e. The molecule has 68 heavy (non-hydrogen) atoms. The molecule has 0 saturated carbocycles. The first kappa shape index (κ1) is 63.9. The molecule has 0 radical (unpaired) electrons. The van der Waals surface area contributed by atoms with Gasteiger partial charge in [-0.1, -0.05) is 231 Å². The molecule has 11 heteroatoms. The summed E-state index contributed by atoms with van der Waals surface area (Å²) in [5, 5.41) is 56.7. The predicted molar refractivity (Wildman–Crippen MR) is 278 cm³/mol. The summed E-state index contributed by atoms with van der Waals surface area (Å²) in [6, 6.07) is -1.02. The number of carbonyl (C=O) groups is 2. The minimum atomic E-state index is -1.61. The first-order valence-electron chi connectivity index (χ1n) is 28.3. The summed E-state index contributed by atoms with van der Waals surface area (Å²) in [6.45, 7) is 5.67. The second-order valence-electron chi connectivity index (χ2n) is 19.6. The Balaban J connectivity index is 2.74. The molecular weight excluding hydrogens is 859 g/mol. The van der Waals surface area contributed by atoms with Crippen molar-refractivity contribution in [2.45, 2.75) is 301 Å². The van der Waals surface area contributed by atoms with E-state index >= 15 is 0 Å². The van der Waals surface area contributed by atoms with E-state index in [1.54, 1.807) is 6.08 Å². The second-order valence-corrected chi connectivity index (χ2v) is 19.6. The molecule has 1 aliphatic rings. The van der Waals surface area contributed by atoms with Gasteiger partial charge >= 0.3 is 5.97 Å². The number of carbonyl (C=O) groups excluding carboxylic acids is 2. The molecule has 8 unspecified atom stereocenters. The van der Waals surface area contributed by atoms with Crippen molar-refractivity contribution in [2.75, 3.05) is 13.2 Å². The molecule has 0 aromatic carbocycles. The Bertz CT molecular complexity index is 1240. The number of nitrogens with one attached hydrogen (secondary N) is 1. The molecule has 1 rings (SSSR count). The van der Waals surface area contributed by atoms with Gasteiger partial charge in [-0.2, -0.15) is 0 Å². The second kappa shape index (κ2) is 46.0. The van der Waals surface area contributed by atoms with Crippen LogP contribution < -0.4 is 5.32 Å². The van der Waals surface area contributed by atoms with E-state index in [2.05, 4.69) is 50.4 Å². The van der Waals surface area contributed by atoms with Gasteiger partial charge in [0.2, 0.25) is 5.91 Å². The smallest absolute Gasteiger partial charge is 0.306 e. The maximum Gasteiger partial charge on any atom is 0.306 e. The van der Waals surface area contributed by atoms with Crippen LogP contribution in [0.3, 0.4) is 0 Å². The number of hydrogen-bond donors (Lipinski definition) is 6. The molecule has 11 nitrogen and oxygen atoms in total. The van der Waals surface area contributed by atoms with Gasteiger partial charge < -0.3 is 45.1 Å². The van der Waals surface area contributed by atoms with Crippen molar-refractivity contribution >= 4 is 11.9 Å². The number of unbranched alkanes of at least 4 members (excludes halogenated alkanes) is 29. The summed E-state index contributed by atoms with van der Waals surface area (Å²) in [6.07, 6.45) is 41.9. The van der Waals surface area contributed by atoms with E-state index in [9.17, 15) is 35.1 Å². The molecule has 1 saturated heterocycles. The van der Waals surface area contributed by atoms with E-state index in [1.807, 2.05) is 6.08 Å². The molecule has 0 aromatic heterocycles. The maximum absolute atomic E-state index is 13.3. The lowest BCUT2D eigenvalue weighted by atomic mass is 9.99. The highest BCUT2D eigenvalue weighted by Gasteiger charge is 2.47. The molecule has 0 aliphatic carbocycles. The number of ether oxygens (including phenoxy) is 3. The van der Waals surface area contributed by atoms with Crippen LogP contribution >= 0.6 is 0 Å². The molecule has 0 aromatic rings. The standard InChI is InChI=1S/C57H105NO10/c1-4-7-10-13-16-19-22-25-27-30-33-36-39-42-45-52(62)68-55-54(64)53(63)51(46-59)67-57(55)66-47-48(49(60)43-40-37-34-31-28-24-21-18-15-12-9-6-3)58-56(65)50(61)44-41-38-35-32-29-26-23-20-17-14-11-8-5-2/h7,10,16,19,40,43,48-51,53-55,57,59-61,63-64H,4-6,8-9,11-15,17-18,20-39,41-42,44-47H2,1-3H3,(H,58,65)/b10-7+,19-16+,43-40+. The monoisotopic (exact) mass is 964 g/mol. The van der Waals surface area contributed by atoms with Gasteiger partial charge in [-0.05, 0) is 51.4 Å². The van der Waals surface area contributed by atoms with Crippen LogP contribution in [0.2, 0.25) is 0 Å². The average Bonchev–Trinajstić information content (AvgIpc) is 3.33. The Morgan fingerprint density at radius 2 is 1.06 bits per heavy atom. The number of hydrogen-bond acceptors (Lipinski definition) is 10. The van der Waals surface area contributed by atoms with Crippen LogP contribution in [0.1, 0.15) is 252 Å². The first-order chi connectivity index (χ1) is 33.2. The van der Waals surface area contributed by atoms with Crippen molar-refractivity contribution < 1.29 is 49.3 Å². The van der Waals surface area contributed by atoms with Gasteiger partial charge in [-0.3, -0.25) is 9.59 Å². The van der Waals surface area contributed by atoms with Crippen LogP contribution in [0, 0.1) is 0 Å². The SMILES string of the molecule is CC/C=C/C/C=C/CCCCCCCCCC(=O)OC1C(OCC(NC(=O)C(O)CCCCCCCCCCCCCCC)C(O)/C=C/CCCCCCCCCCCC)OC(CO)C(O)C1O. The molecular formula is C57H105NO10. The zero-order valence-electron chi connectivity index (χ0n) is 43.7. The van der Waals surface area contributed by atoms with Gasteiger partial charge in [0.15, 0.2) is 12.4 Å². The fourth-order valence-corrected chi connectivity index (χ4v) is 8.81. The minimum absolute atomic E-state index is 0.116. The number of rotatable bonds is 47. The lowest BCUT2D eigenvalue weighted by Gasteiger charge is -2.41. The molecule has 8 atom stereocenters. The lowest BCUT2D eigenvalue weighted by molar-refractivity contribution is -0.305. The Morgan fingerprint density at radius 1 is 0.588 bits per heavy atom. The highest BCUT2D eigenvalue weighted by Crippen LogP contribution is 2.26. The number of aliphatic hydroxyl groups excluding tert-OH is 5. The lowest BCUT2D eigenvalue weighted by Crippen LogP contribution is -2.61. The normalized spacial score (nSPS) is 20.1. The van der Waals surface area contributed by atoms with E-state index in [4.69, 9.17) is 14.2 Å². The molecule has 1 amide bonds. The maximum atomic E-state index is 13.3. The van der Waals surface area contributed by atoms with Gasteiger partial charge in [-0.25, -0.2) is 0 Å². The highest BCUT2D eigenvalue weighted by atomic mass is 16.7. The Hall–Kier alpha value is -2.12. The van der Waals surface area contributed by atoms with E-state index < -0.39 is 67.4 Å². The fraction of sp³-hybridized carbons (Fsp3) is 0.860. The number of aliphatic hydroxyl groups is 5. The zero-order valence-corrected chi connectivity index (χ0v) is 43.7. The third-order valence-corrected chi connectivity index (χ3v) is 13.3. The quantitative estimate of drug-likeness (QED) is 0.0196. The van der Waals surface area contributed by atoms with Gasteiger partial charge in [-0.15, -0.1) is 0 Å². The van der Waals surface area contributed by atoms with Crippen molar-refractivity contribution in [2.24, 2.45) is 0 Å². The van der Waals surface area contributed by atoms with Crippen LogP contribution in [-0.2, 0) is 23.8 Å². The number of esters is 1. The highest BCUT2D eigenvalue weighted by molar-refractivity contribution is 5.80. The average molecular weight is 964 g/mol. The molecule has 0 spiro atoms. The summed E-state index contributed by atoms with van der Waals surface area (Å²) < 4.78 is 17.5. The van der Waals surface area contributed by atoms with Crippen molar-refractivity contribution in [3.05, 3.63) is 36.5 Å². The molecule has 1 aliphatic heterocycles. The van der Waals surface area contributed by atoms with Crippen molar-refractivity contribution in [1.29, 1.82) is 0 Å². The van der Waals surface area contributed by atoms with E-state index in [-0.39, 0.29) is 13.0 Å². The molecule has 1 heterocycles. The molecule has 0 bridgehead atoms. The van der Waals surface area contributed by atoms with Gasteiger partial charge in [0.05, 0.1) is 25.4 Å². The molecule has 398 valence electrons. The molecule has 1 fully saturated rings. The molecule has 6 N–H and O–H groups in total. The Morgan fingerprint density at radius 3 is 1.57 bits per heavy atom. The summed E-state index contributed by atoms with van der Waals surface area (Å²) >= 11 is 0. The summed E-state index contributed by atoms with van der Waals surface area (Å²) in [5.41, 5.74) is 0. The fourth-order valence-electron chi connectivity index (χ4n) is 8.81. The van der Waals surface area contributed by atoms with Gasteiger partial charge in [0.25, 0.3) is 0 Å². The Kier molecular flexibility index (Phi) is 43.2. The first-order valence-corrected chi connectivity index (χ1v) is 28.3. The summed E-state index contributed by atoms with van der Waals surface area (Å²) in [7, 11) is 0. The topological polar surface area (TPSA) is 175 Å². The van der Waals surface area contributed by atoms with E-state index in [1.165, 1.54) is 122 Å². The van der Waals surface area contributed by atoms with Gasteiger partial charge in [0.1, 0.15) is 24.4 Å². The van der Waals surface area contributed by atoms with Crippen LogP contribution in [0.4, 0.5) is 0 Å². The van der Waals surface area contributed by atoms with E-state index in [0.717, 1.165) is 83.5 Å². The number of allylic oxidation sites excluding steroid dienone is 5. The van der Waals surface area contributed by atoms with Crippen LogP contribution in [0.5, 0.6) is 0 Å². The van der Waals surface area contributed by atoms with Crippen LogP contribution in [0.25, 0.3) is 0 Å². The van der Waals surface area contributed by atoms with Crippen molar-refractivity contribution in [3.8, 4) is 0 Å². The number of amides is 1. The predicted octanol–water partition coefficient (Wildman–Crippen LogP) is 12.3. The third-order valence-electron chi connectivity index (χ3n) is 13.3. The van der Waals surface area contributed by atoms with Crippen LogP contribution in [0.15, 0.2) is 36.5 Å². The van der Waals surface area contributed by atoms with Crippen LogP contribution in [-0.4, -0.2) is 99.6 Å². The summed E-state index contributed by atoms with van der Waals surface area (Å²) in [5.74, 6) is -1.20. The largest absolute Gasteiger partial charge is 0.454 e. The van der Waals surface area contributed by atoms with Crippen molar-refractivity contribution in [3.63, 3.8) is 0 Å². The third kappa shape index (κ3) is 34.2. The van der Waals surface area contributed by atoms with Gasteiger partial charge in [0, 0.05) is 6.42 Å². The Labute approximate surface area is 415 Å².